The summed E-state index contributed by atoms with van der Waals surface area (Å²) in [4.78, 5) is 31.5. The highest BCUT2D eigenvalue weighted by atomic mass is 16.5. The van der Waals surface area contributed by atoms with E-state index in [9.17, 15) is 9.59 Å². The molecule has 3 aromatic carbocycles. The second-order valence-electron chi connectivity index (χ2n) is 8.52. The number of amides is 2. The average molecular weight is 454 g/mol. The molecule has 2 heterocycles. The Bertz CT molecular complexity index is 1360. The number of carbonyl (C=O) groups is 2. The number of para-hydroxylation sites is 2. The molecule has 0 radical (unpaired) electrons. The Morgan fingerprint density at radius 2 is 1.76 bits per heavy atom. The van der Waals surface area contributed by atoms with Gasteiger partial charge in [-0.1, -0.05) is 60.2 Å². The number of nitrogens with one attached hydrogen (secondary N) is 2. The number of carbonyl (C=O) groups excluding carboxylic acids is 2. The van der Waals surface area contributed by atoms with Crippen molar-refractivity contribution in [1.29, 1.82) is 0 Å². The summed E-state index contributed by atoms with van der Waals surface area (Å²) in [7, 11) is 0. The summed E-state index contributed by atoms with van der Waals surface area (Å²) in [5, 5.41) is 4.16. The van der Waals surface area contributed by atoms with Gasteiger partial charge in [0.2, 0.25) is 0 Å². The van der Waals surface area contributed by atoms with Gasteiger partial charge in [0.1, 0.15) is 0 Å². The summed E-state index contributed by atoms with van der Waals surface area (Å²) in [6, 6.07) is 23.0. The number of aryl methyl sites for hydroxylation is 1. The van der Waals surface area contributed by atoms with Crippen LogP contribution in [0.3, 0.4) is 0 Å². The van der Waals surface area contributed by atoms with Crippen molar-refractivity contribution in [3.8, 4) is 0 Å². The minimum Gasteiger partial charge on any atom is -0.462 e. The van der Waals surface area contributed by atoms with Crippen LogP contribution in [0.4, 0.5) is 10.5 Å². The molecular formula is C28H27N3O3. The summed E-state index contributed by atoms with van der Waals surface area (Å²) in [6.45, 7) is 4.64. The van der Waals surface area contributed by atoms with Gasteiger partial charge in [-0.25, -0.2) is 9.59 Å². The van der Waals surface area contributed by atoms with Crippen LogP contribution < -0.4 is 5.32 Å². The maximum Gasteiger partial charge on any atom is 0.340 e. The van der Waals surface area contributed by atoms with Gasteiger partial charge in [0.05, 0.1) is 23.9 Å². The molecule has 6 nitrogen and oxygen atoms in total. The second-order valence-corrected chi connectivity index (χ2v) is 8.52. The van der Waals surface area contributed by atoms with Gasteiger partial charge in [-0.2, -0.15) is 0 Å². The number of nitrogens with zero attached hydrogens (tertiary/aromatic N) is 1. The first-order valence-electron chi connectivity index (χ1n) is 11.6. The number of benzene rings is 3. The first-order valence-corrected chi connectivity index (χ1v) is 11.6. The van der Waals surface area contributed by atoms with Crippen molar-refractivity contribution in [1.82, 2.24) is 9.88 Å². The smallest absolute Gasteiger partial charge is 0.340 e. The third-order valence-corrected chi connectivity index (χ3v) is 6.35. The molecule has 2 N–H and O–H groups in total. The zero-order valence-corrected chi connectivity index (χ0v) is 19.3. The second kappa shape index (κ2) is 9.06. The van der Waals surface area contributed by atoms with Crippen molar-refractivity contribution < 1.29 is 14.3 Å². The molecule has 6 heteroatoms. The van der Waals surface area contributed by atoms with Crippen molar-refractivity contribution in [3.05, 3.63) is 101 Å². The van der Waals surface area contributed by atoms with Gasteiger partial charge in [0, 0.05) is 23.1 Å². The first-order chi connectivity index (χ1) is 16.6. The van der Waals surface area contributed by atoms with Crippen LogP contribution in [0.25, 0.3) is 10.9 Å². The third-order valence-electron chi connectivity index (χ3n) is 6.35. The van der Waals surface area contributed by atoms with Gasteiger partial charge in [-0.15, -0.1) is 0 Å². The fourth-order valence-electron chi connectivity index (χ4n) is 4.72. The number of fused-ring (bicyclic) bond motifs is 3. The molecule has 1 aliphatic heterocycles. The highest BCUT2D eigenvalue weighted by Gasteiger charge is 2.35. The Kier molecular flexibility index (Phi) is 5.80. The Hall–Kier alpha value is -4.06. The molecule has 1 atom stereocenters. The largest absolute Gasteiger partial charge is 0.462 e. The van der Waals surface area contributed by atoms with Crippen molar-refractivity contribution in [3.63, 3.8) is 0 Å². The van der Waals surface area contributed by atoms with Gasteiger partial charge >= 0.3 is 12.0 Å². The van der Waals surface area contributed by atoms with Crippen molar-refractivity contribution >= 4 is 28.6 Å². The van der Waals surface area contributed by atoms with Crippen LogP contribution >= 0.6 is 0 Å². The highest BCUT2D eigenvalue weighted by Crippen LogP contribution is 2.38. The number of hydrogen-bond donors (Lipinski definition) is 2. The molecular weight excluding hydrogens is 426 g/mol. The number of rotatable bonds is 4. The predicted molar refractivity (Wildman–Crippen MR) is 133 cm³/mol. The molecule has 1 aromatic heterocycles. The summed E-state index contributed by atoms with van der Waals surface area (Å²) >= 11 is 0. The fourth-order valence-corrected chi connectivity index (χ4v) is 4.72. The molecule has 0 bridgehead atoms. The van der Waals surface area contributed by atoms with E-state index >= 15 is 0 Å². The Morgan fingerprint density at radius 1 is 1.03 bits per heavy atom. The first kappa shape index (κ1) is 21.8. The van der Waals surface area contributed by atoms with E-state index in [2.05, 4.69) is 53.6 Å². The molecule has 4 aromatic rings. The summed E-state index contributed by atoms with van der Waals surface area (Å²) < 4.78 is 5.17. The maximum absolute atomic E-state index is 13.6. The minimum atomic E-state index is -0.454. The molecule has 1 aliphatic rings. The molecule has 0 saturated carbocycles. The van der Waals surface area contributed by atoms with Crippen LogP contribution in [0.1, 0.15) is 45.7 Å². The zero-order chi connectivity index (χ0) is 23.7. The van der Waals surface area contributed by atoms with Crippen LogP contribution in [0, 0.1) is 6.92 Å². The Labute approximate surface area is 198 Å². The SMILES string of the molecule is CCOC(=O)c1ccccc1NC(=O)N1CCc2c([nH]c3ccccc23)[C@@H]1c1ccc(C)cc1. The topological polar surface area (TPSA) is 74.4 Å². The lowest BCUT2D eigenvalue weighted by atomic mass is 9.92. The van der Waals surface area contributed by atoms with Gasteiger partial charge in [0.25, 0.3) is 0 Å². The molecule has 5 rings (SSSR count). The summed E-state index contributed by atoms with van der Waals surface area (Å²) in [5.41, 5.74) is 6.33. The predicted octanol–water partition coefficient (Wildman–Crippen LogP) is 5.83. The summed E-state index contributed by atoms with van der Waals surface area (Å²) in [5.74, 6) is -0.454. The lowest BCUT2D eigenvalue weighted by Gasteiger charge is -2.36. The van der Waals surface area contributed by atoms with Crippen molar-refractivity contribution in [2.75, 3.05) is 18.5 Å². The number of esters is 1. The van der Waals surface area contributed by atoms with Crippen molar-refractivity contribution in [2.24, 2.45) is 0 Å². The van der Waals surface area contributed by atoms with Crippen LogP contribution in [0.15, 0.2) is 72.8 Å². The minimum absolute atomic E-state index is 0.258. The number of aromatic amines is 1. The number of ether oxygens (including phenoxy) is 1. The van der Waals surface area contributed by atoms with Gasteiger partial charge in [0.15, 0.2) is 0 Å². The van der Waals surface area contributed by atoms with E-state index in [1.54, 1.807) is 31.2 Å². The van der Waals surface area contributed by atoms with E-state index in [1.165, 1.54) is 10.9 Å². The Balaban J connectivity index is 1.54. The average Bonchev–Trinajstić information content (AvgIpc) is 3.23. The molecule has 172 valence electrons. The number of urea groups is 1. The quantitative estimate of drug-likeness (QED) is 0.382. The molecule has 0 aliphatic carbocycles. The third kappa shape index (κ3) is 3.92. The normalized spacial score (nSPS) is 15.1. The molecule has 0 spiro atoms. The van der Waals surface area contributed by atoms with E-state index in [1.807, 2.05) is 17.0 Å². The lowest BCUT2D eigenvalue weighted by Crippen LogP contribution is -2.43. The van der Waals surface area contributed by atoms with Gasteiger partial charge in [-0.3, -0.25) is 0 Å². The number of anilines is 1. The molecule has 34 heavy (non-hydrogen) atoms. The fraction of sp³-hybridized carbons (Fsp3) is 0.214. The molecule has 0 unspecified atom stereocenters. The van der Waals surface area contributed by atoms with E-state index in [4.69, 9.17) is 4.74 Å². The van der Waals surface area contributed by atoms with Crippen LogP contribution in [-0.4, -0.2) is 35.0 Å². The van der Waals surface area contributed by atoms with Crippen molar-refractivity contribution in [2.45, 2.75) is 26.3 Å². The standard InChI is InChI=1S/C28H27N3O3/c1-3-34-27(32)22-9-5-7-11-24(22)30-28(33)31-17-16-21-20-8-4-6-10-23(20)29-25(21)26(31)19-14-12-18(2)13-15-19/h4-15,26,29H,3,16-17H2,1-2H3,(H,30,33)/t26-/m0/s1. The highest BCUT2D eigenvalue weighted by molar-refractivity contribution is 6.01. The van der Waals surface area contributed by atoms with Gasteiger partial charge < -0.3 is 19.9 Å². The number of hydrogen-bond acceptors (Lipinski definition) is 3. The summed E-state index contributed by atoms with van der Waals surface area (Å²) in [6.07, 6.45) is 0.745. The maximum atomic E-state index is 13.6. The monoisotopic (exact) mass is 453 g/mol. The zero-order valence-electron chi connectivity index (χ0n) is 19.3. The van der Waals surface area contributed by atoms with Gasteiger partial charge in [-0.05, 0) is 49.6 Å². The molecule has 0 saturated heterocycles. The van der Waals surface area contributed by atoms with Crippen LogP contribution in [-0.2, 0) is 11.2 Å². The van der Waals surface area contributed by atoms with E-state index in [0.717, 1.165) is 28.8 Å². The molecule has 2 amide bonds. The Morgan fingerprint density at radius 3 is 2.56 bits per heavy atom. The van der Waals surface area contributed by atoms with E-state index in [0.29, 0.717) is 17.8 Å². The number of aromatic nitrogens is 1. The van der Waals surface area contributed by atoms with E-state index in [-0.39, 0.29) is 18.7 Å². The lowest BCUT2D eigenvalue weighted by molar-refractivity contribution is 0.0527. The number of H-pyrrole nitrogens is 1. The van der Waals surface area contributed by atoms with Crippen LogP contribution in [0.2, 0.25) is 0 Å². The van der Waals surface area contributed by atoms with E-state index < -0.39 is 5.97 Å². The van der Waals surface area contributed by atoms with Crippen LogP contribution in [0.5, 0.6) is 0 Å². The molecule has 0 fully saturated rings.